The molecule has 0 atom stereocenters. The van der Waals surface area contributed by atoms with Gasteiger partial charge < -0.3 is 10.3 Å². The molecular weight excluding hydrogens is 260 g/mol. The maximum absolute atomic E-state index is 12.3. The standard InChI is InChI=1S/C18H18N2O/c1-2-13-5-3-4-6-16(13)12-20-18(21)15-8-7-14-9-10-19-17(14)11-15/h3-11,19H,2,12H2,1H3,(H,20,21). The Bertz CT molecular complexity index is 773. The van der Waals surface area contributed by atoms with E-state index in [1.165, 1.54) is 11.1 Å². The first-order valence-electron chi connectivity index (χ1n) is 7.20. The highest BCUT2D eigenvalue weighted by atomic mass is 16.1. The molecule has 0 aliphatic carbocycles. The highest BCUT2D eigenvalue weighted by Crippen LogP contribution is 2.14. The van der Waals surface area contributed by atoms with Gasteiger partial charge >= 0.3 is 0 Å². The Morgan fingerprint density at radius 2 is 1.90 bits per heavy atom. The van der Waals surface area contributed by atoms with Gasteiger partial charge in [0.15, 0.2) is 0 Å². The largest absolute Gasteiger partial charge is 0.361 e. The third-order valence-electron chi connectivity index (χ3n) is 3.76. The number of amides is 1. The molecule has 3 aromatic rings. The fourth-order valence-electron chi connectivity index (χ4n) is 2.54. The lowest BCUT2D eigenvalue weighted by Crippen LogP contribution is -2.23. The molecule has 2 N–H and O–H groups in total. The smallest absolute Gasteiger partial charge is 0.251 e. The van der Waals surface area contributed by atoms with Crippen LogP contribution in [0.1, 0.15) is 28.4 Å². The monoisotopic (exact) mass is 278 g/mol. The van der Waals surface area contributed by atoms with Gasteiger partial charge in [-0.3, -0.25) is 4.79 Å². The molecule has 0 saturated heterocycles. The molecule has 0 unspecified atom stereocenters. The lowest BCUT2D eigenvalue weighted by atomic mass is 10.1. The summed E-state index contributed by atoms with van der Waals surface area (Å²) in [6, 6.07) is 15.9. The molecule has 106 valence electrons. The molecule has 0 aliphatic rings. The number of aryl methyl sites for hydroxylation is 1. The lowest BCUT2D eigenvalue weighted by molar-refractivity contribution is 0.0951. The Labute approximate surface area is 124 Å². The molecule has 0 bridgehead atoms. The van der Waals surface area contributed by atoms with Crippen molar-refractivity contribution in [2.45, 2.75) is 19.9 Å². The van der Waals surface area contributed by atoms with E-state index in [9.17, 15) is 4.79 Å². The predicted octanol–water partition coefficient (Wildman–Crippen LogP) is 3.66. The van der Waals surface area contributed by atoms with Gasteiger partial charge in [-0.15, -0.1) is 0 Å². The fourth-order valence-corrected chi connectivity index (χ4v) is 2.54. The summed E-state index contributed by atoms with van der Waals surface area (Å²) in [4.78, 5) is 15.4. The van der Waals surface area contributed by atoms with E-state index in [4.69, 9.17) is 0 Å². The van der Waals surface area contributed by atoms with E-state index in [-0.39, 0.29) is 5.91 Å². The number of nitrogens with one attached hydrogen (secondary N) is 2. The SMILES string of the molecule is CCc1ccccc1CNC(=O)c1ccc2cc[nH]c2c1. The molecule has 0 aliphatic heterocycles. The van der Waals surface area contributed by atoms with E-state index in [0.717, 1.165) is 17.3 Å². The van der Waals surface area contributed by atoms with Crippen LogP contribution < -0.4 is 5.32 Å². The van der Waals surface area contributed by atoms with Crippen LogP contribution in [0.2, 0.25) is 0 Å². The molecule has 0 spiro atoms. The normalized spacial score (nSPS) is 10.7. The highest BCUT2D eigenvalue weighted by molar-refractivity contribution is 5.97. The molecule has 3 heteroatoms. The highest BCUT2D eigenvalue weighted by Gasteiger charge is 2.07. The van der Waals surface area contributed by atoms with E-state index in [1.807, 2.05) is 42.6 Å². The molecule has 21 heavy (non-hydrogen) atoms. The molecule has 3 nitrogen and oxygen atoms in total. The fraction of sp³-hybridized carbons (Fsp3) is 0.167. The van der Waals surface area contributed by atoms with Crippen LogP contribution in [0.3, 0.4) is 0 Å². The molecule has 3 rings (SSSR count). The van der Waals surface area contributed by atoms with E-state index >= 15 is 0 Å². The number of benzene rings is 2. The molecular formula is C18H18N2O. The van der Waals surface area contributed by atoms with Gasteiger partial charge in [0, 0.05) is 23.8 Å². The summed E-state index contributed by atoms with van der Waals surface area (Å²) in [5, 5.41) is 4.11. The number of fused-ring (bicyclic) bond motifs is 1. The maximum Gasteiger partial charge on any atom is 0.251 e. The Morgan fingerprint density at radius 1 is 1.10 bits per heavy atom. The van der Waals surface area contributed by atoms with E-state index in [0.29, 0.717) is 12.1 Å². The summed E-state index contributed by atoms with van der Waals surface area (Å²) in [5.74, 6) is -0.0441. The number of carbonyl (C=O) groups is 1. The number of carbonyl (C=O) groups excluding carboxylic acids is 1. The molecule has 0 fully saturated rings. The van der Waals surface area contributed by atoms with Crippen LogP contribution in [0.25, 0.3) is 10.9 Å². The predicted molar refractivity (Wildman–Crippen MR) is 85.3 cm³/mol. The third-order valence-corrected chi connectivity index (χ3v) is 3.76. The average molecular weight is 278 g/mol. The van der Waals surface area contributed by atoms with Crippen molar-refractivity contribution in [3.05, 3.63) is 71.4 Å². The number of hydrogen-bond acceptors (Lipinski definition) is 1. The summed E-state index contributed by atoms with van der Waals surface area (Å²) in [6.07, 6.45) is 2.85. The summed E-state index contributed by atoms with van der Waals surface area (Å²) >= 11 is 0. The Morgan fingerprint density at radius 3 is 2.71 bits per heavy atom. The van der Waals surface area contributed by atoms with Crippen molar-refractivity contribution >= 4 is 16.8 Å². The van der Waals surface area contributed by atoms with Gasteiger partial charge in [0.2, 0.25) is 0 Å². The van der Waals surface area contributed by atoms with Crippen LogP contribution in [0, 0.1) is 0 Å². The van der Waals surface area contributed by atoms with Gasteiger partial charge in [0.25, 0.3) is 5.91 Å². The quantitative estimate of drug-likeness (QED) is 0.751. The Hall–Kier alpha value is -2.55. The first kappa shape index (κ1) is 13.4. The number of H-pyrrole nitrogens is 1. The van der Waals surface area contributed by atoms with Crippen LogP contribution in [-0.4, -0.2) is 10.9 Å². The van der Waals surface area contributed by atoms with Crippen LogP contribution >= 0.6 is 0 Å². The van der Waals surface area contributed by atoms with Gasteiger partial charge in [0.1, 0.15) is 0 Å². The number of aromatic nitrogens is 1. The zero-order chi connectivity index (χ0) is 14.7. The number of hydrogen-bond donors (Lipinski definition) is 2. The third kappa shape index (κ3) is 2.82. The minimum absolute atomic E-state index is 0.0441. The molecule has 1 heterocycles. The van der Waals surface area contributed by atoms with Crippen molar-refractivity contribution in [2.75, 3.05) is 0 Å². The maximum atomic E-state index is 12.3. The summed E-state index contributed by atoms with van der Waals surface area (Å²) in [6.45, 7) is 2.69. The Kier molecular flexibility index (Phi) is 3.73. The number of rotatable bonds is 4. The topological polar surface area (TPSA) is 44.9 Å². The summed E-state index contributed by atoms with van der Waals surface area (Å²) < 4.78 is 0. The van der Waals surface area contributed by atoms with Crippen LogP contribution in [0.5, 0.6) is 0 Å². The second-order valence-corrected chi connectivity index (χ2v) is 5.08. The number of aromatic amines is 1. The van der Waals surface area contributed by atoms with Crippen molar-refractivity contribution in [1.82, 2.24) is 10.3 Å². The first-order chi connectivity index (χ1) is 10.3. The van der Waals surface area contributed by atoms with Gasteiger partial charge in [-0.25, -0.2) is 0 Å². The van der Waals surface area contributed by atoms with Gasteiger partial charge in [0.05, 0.1) is 0 Å². The van der Waals surface area contributed by atoms with Crippen LogP contribution in [0.4, 0.5) is 0 Å². The van der Waals surface area contributed by atoms with Gasteiger partial charge in [-0.2, -0.15) is 0 Å². The molecule has 0 radical (unpaired) electrons. The van der Waals surface area contributed by atoms with Crippen molar-refractivity contribution in [3.63, 3.8) is 0 Å². The Balaban J connectivity index is 1.74. The summed E-state index contributed by atoms with van der Waals surface area (Å²) in [5.41, 5.74) is 4.11. The van der Waals surface area contributed by atoms with E-state index in [2.05, 4.69) is 29.4 Å². The minimum atomic E-state index is -0.0441. The van der Waals surface area contributed by atoms with Gasteiger partial charge in [-0.1, -0.05) is 37.3 Å². The van der Waals surface area contributed by atoms with Crippen molar-refractivity contribution in [2.24, 2.45) is 0 Å². The van der Waals surface area contributed by atoms with Crippen molar-refractivity contribution in [1.29, 1.82) is 0 Å². The van der Waals surface area contributed by atoms with Gasteiger partial charge in [-0.05, 0) is 41.1 Å². The van der Waals surface area contributed by atoms with Crippen LogP contribution in [0.15, 0.2) is 54.7 Å². The second-order valence-electron chi connectivity index (χ2n) is 5.08. The molecule has 1 amide bonds. The zero-order valence-corrected chi connectivity index (χ0v) is 12.0. The van der Waals surface area contributed by atoms with E-state index < -0.39 is 0 Å². The zero-order valence-electron chi connectivity index (χ0n) is 12.0. The molecule has 0 saturated carbocycles. The second kappa shape index (κ2) is 5.83. The van der Waals surface area contributed by atoms with Crippen molar-refractivity contribution < 1.29 is 4.79 Å². The molecule has 1 aromatic heterocycles. The lowest BCUT2D eigenvalue weighted by Gasteiger charge is -2.09. The average Bonchev–Trinajstić information content (AvgIpc) is 3.00. The van der Waals surface area contributed by atoms with Crippen LogP contribution in [-0.2, 0) is 13.0 Å². The minimum Gasteiger partial charge on any atom is -0.361 e. The van der Waals surface area contributed by atoms with E-state index in [1.54, 1.807) is 0 Å². The van der Waals surface area contributed by atoms with Crippen molar-refractivity contribution in [3.8, 4) is 0 Å². The first-order valence-corrected chi connectivity index (χ1v) is 7.20. The molecule has 2 aromatic carbocycles. The summed E-state index contributed by atoms with van der Waals surface area (Å²) in [7, 11) is 0.